The fourth-order valence-corrected chi connectivity index (χ4v) is 2.26. The number of benzene rings is 1. The van der Waals surface area contributed by atoms with Crippen LogP contribution in [0.4, 0.5) is 10.1 Å². The van der Waals surface area contributed by atoms with Crippen molar-refractivity contribution >= 4 is 18.1 Å². The van der Waals surface area contributed by atoms with Crippen LogP contribution in [0.2, 0.25) is 0 Å². The molecule has 2 N–H and O–H groups in total. The number of nitrogens with zero attached hydrogens (tertiary/aromatic N) is 2. The van der Waals surface area contributed by atoms with Crippen molar-refractivity contribution in [3.05, 3.63) is 36.4 Å². The minimum atomic E-state index is -0.171. The van der Waals surface area contributed by atoms with Crippen LogP contribution in [-0.2, 0) is 0 Å². The Morgan fingerprint density at radius 2 is 1.95 bits per heavy atom. The van der Waals surface area contributed by atoms with Crippen LogP contribution in [-0.4, -0.2) is 36.4 Å². The number of hydrogen-bond donors (Lipinski definition) is 2. The summed E-state index contributed by atoms with van der Waals surface area (Å²) in [5.74, 6) is -0.171. The fraction of sp³-hybridized carbons (Fsp3) is 0.308. The monoisotopic (exact) mass is 282 g/mol. The summed E-state index contributed by atoms with van der Waals surface area (Å²) in [4.78, 5) is 2.07. The van der Waals surface area contributed by atoms with E-state index in [0.717, 1.165) is 37.3 Å². The average molecular weight is 283 g/mol. The van der Waals surface area contributed by atoms with E-state index in [0.29, 0.717) is 5.69 Å². The van der Waals surface area contributed by atoms with Gasteiger partial charge < -0.3 is 10.2 Å². The first-order chi connectivity index (χ1) is 8.84. The summed E-state index contributed by atoms with van der Waals surface area (Å²) in [5.41, 5.74) is 2.43. The van der Waals surface area contributed by atoms with Crippen LogP contribution in [0, 0.1) is 5.82 Å². The molecule has 0 unspecified atom stereocenters. The summed E-state index contributed by atoms with van der Waals surface area (Å²) in [7, 11) is 0. The highest BCUT2D eigenvalue weighted by molar-refractivity contribution is 5.85. The molecular formula is C13H16ClFN4. The third-order valence-corrected chi connectivity index (χ3v) is 3.24. The van der Waals surface area contributed by atoms with E-state index in [1.165, 1.54) is 0 Å². The van der Waals surface area contributed by atoms with Crippen molar-refractivity contribution in [2.75, 3.05) is 31.1 Å². The van der Waals surface area contributed by atoms with E-state index in [2.05, 4.69) is 20.4 Å². The lowest BCUT2D eigenvalue weighted by atomic mass is 10.1. The first-order valence-corrected chi connectivity index (χ1v) is 6.09. The van der Waals surface area contributed by atoms with Gasteiger partial charge in [-0.3, -0.25) is 5.10 Å². The molecule has 6 heteroatoms. The van der Waals surface area contributed by atoms with Gasteiger partial charge in [0.25, 0.3) is 0 Å². The molecule has 3 rings (SSSR count). The molecule has 0 atom stereocenters. The summed E-state index contributed by atoms with van der Waals surface area (Å²) >= 11 is 0. The van der Waals surface area contributed by atoms with Crippen LogP contribution in [0.5, 0.6) is 0 Å². The molecule has 0 radical (unpaired) electrons. The van der Waals surface area contributed by atoms with Crippen molar-refractivity contribution in [1.29, 1.82) is 0 Å². The van der Waals surface area contributed by atoms with Gasteiger partial charge in [-0.25, -0.2) is 4.39 Å². The third kappa shape index (κ3) is 2.88. The van der Waals surface area contributed by atoms with Gasteiger partial charge in [0.2, 0.25) is 0 Å². The fourth-order valence-electron chi connectivity index (χ4n) is 2.26. The number of anilines is 1. The van der Waals surface area contributed by atoms with Crippen LogP contribution in [0.1, 0.15) is 0 Å². The molecule has 4 nitrogen and oxygen atoms in total. The zero-order valence-electron chi connectivity index (χ0n) is 10.4. The topological polar surface area (TPSA) is 44.0 Å². The van der Waals surface area contributed by atoms with Gasteiger partial charge in [-0.05, 0) is 17.7 Å². The number of aromatic amines is 1. The molecule has 2 heterocycles. The van der Waals surface area contributed by atoms with Crippen molar-refractivity contribution in [3.8, 4) is 11.1 Å². The van der Waals surface area contributed by atoms with Crippen molar-refractivity contribution in [2.45, 2.75) is 0 Å². The lowest BCUT2D eigenvalue weighted by molar-refractivity contribution is 0.566. The van der Waals surface area contributed by atoms with E-state index in [9.17, 15) is 4.39 Å². The zero-order chi connectivity index (χ0) is 12.4. The van der Waals surface area contributed by atoms with Crippen molar-refractivity contribution < 1.29 is 4.39 Å². The van der Waals surface area contributed by atoms with E-state index in [-0.39, 0.29) is 18.2 Å². The largest absolute Gasteiger partial charge is 0.367 e. The van der Waals surface area contributed by atoms with Crippen LogP contribution < -0.4 is 10.2 Å². The second-order valence-electron chi connectivity index (χ2n) is 4.39. The molecule has 102 valence electrons. The molecule has 1 saturated heterocycles. The molecule has 2 aromatic rings. The molecule has 0 saturated carbocycles. The van der Waals surface area contributed by atoms with Crippen LogP contribution in [0.3, 0.4) is 0 Å². The SMILES string of the molecule is Cl.Fc1cc(-c2cn[nH]c2)ccc1N1CCNCC1. The van der Waals surface area contributed by atoms with Crippen LogP contribution in [0.25, 0.3) is 11.1 Å². The van der Waals surface area contributed by atoms with Crippen molar-refractivity contribution in [1.82, 2.24) is 15.5 Å². The molecule has 1 aliphatic heterocycles. The maximum atomic E-state index is 14.1. The normalized spacial score (nSPS) is 15.1. The summed E-state index contributed by atoms with van der Waals surface area (Å²) in [6.45, 7) is 3.51. The van der Waals surface area contributed by atoms with Gasteiger partial charge in [0.15, 0.2) is 0 Å². The Kier molecular flexibility index (Phi) is 4.39. The van der Waals surface area contributed by atoms with Gasteiger partial charge >= 0.3 is 0 Å². The Labute approximate surface area is 117 Å². The molecule has 1 aromatic carbocycles. The third-order valence-electron chi connectivity index (χ3n) is 3.24. The molecule has 0 spiro atoms. The number of rotatable bonds is 2. The number of H-pyrrole nitrogens is 1. The molecule has 0 amide bonds. The smallest absolute Gasteiger partial charge is 0.147 e. The predicted molar refractivity (Wildman–Crippen MR) is 76.3 cm³/mol. The lowest BCUT2D eigenvalue weighted by Crippen LogP contribution is -2.43. The van der Waals surface area contributed by atoms with Gasteiger partial charge in [-0.2, -0.15) is 5.10 Å². The van der Waals surface area contributed by atoms with Gasteiger partial charge in [0.1, 0.15) is 5.82 Å². The average Bonchev–Trinajstić information content (AvgIpc) is 2.93. The lowest BCUT2D eigenvalue weighted by Gasteiger charge is -2.29. The quantitative estimate of drug-likeness (QED) is 0.886. The van der Waals surface area contributed by atoms with Gasteiger partial charge in [0.05, 0.1) is 11.9 Å². The van der Waals surface area contributed by atoms with Crippen molar-refractivity contribution in [3.63, 3.8) is 0 Å². The molecular weight excluding hydrogens is 267 g/mol. The molecule has 1 aliphatic rings. The maximum Gasteiger partial charge on any atom is 0.147 e. The van der Waals surface area contributed by atoms with Crippen LogP contribution >= 0.6 is 12.4 Å². The number of piperazine rings is 1. The Morgan fingerprint density at radius 1 is 1.16 bits per heavy atom. The first-order valence-electron chi connectivity index (χ1n) is 6.09. The number of nitrogens with one attached hydrogen (secondary N) is 2. The second-order valence-corrected chi connectivity index (χ2v) is 4.39. The molecule has 1 fully saturated rings. The summed E-state index contributed by atoms with van der Waals surface area (Å²) < 4.78 is 14.1. The number of halogens is 2. The Bertz CT molecular complexity index is 523. The standard InChI is InChI=1S/C13H15FN4.ClH/c14-12-7-10(11-8-16-17-9-11)1-2-13(12)18-5-3-15-4-6-18;/h1-2,7-9,15H,3-6H2,(H,16,17);1H. The van der Waals surface area contributed by atoms with E-state index in [1.54, 1.807) is 18.5 Å². The molecule has 0 aliphatic carbocycles. The highest BCUT2D eigenvalue weighted by atomic mass is 35.5. The van der Waals surface area contributed by atoms with E-state index in [1.807, 2.05) is 12.1 Å². The summed E-state index contributed by atoms with van der Waals surface area (Å²) in [6, 6.07) is 5.36. The Balaban J connectivity index is 0.00000133. The first kappa shape index (κ1) is 13.8. The summed E-state index contributed by atoms with van der Waals surface area (Å²) in [5, 5.41) is 9.87. The molecule has 0 bridgehead atoms. The Hall–Kier alpha value is -1.59. The number of aromatic nitrogens is 2. The second kappa shape index (κ2) is 6.04. The number of hydrogen-bond acceptors (Lipinski definition) is 3. The molecule has 19 heavy (non-hydrogen) atoms. The van der Waals surface area contributed by atoms with Crippen LogP contribution in [0.15, 0.2) is 30.6 Å². The zero-order valence-corrected chi connectivity index (χ0v) is 11.2. The highest BCUT2D eigenvalue weighted by Gasteiger charge is 2.15. The minimum Gasteiger partial charge on any atom is -0.367 e. The van der Waals surface area contributed by atoms with Gasteiger partial charge in [-0.1, -0.05) is 6.07 Å². The Morgan fingerprint density at radius 3 is 2.58 bits per heavy atom. The maximum absolute atomic E-state index is 14.1. The summed E-state index contributed by atoms with van der Waals surface area (Å²) in [6.07, 6.45) is 3.46. The van der Waals surface area contributed by atoms with Gasteiger partial charge in [-0.15, -0.1) is 12.4 Å². The predicted octanol–water partition coefficient (Wildman–Crippen LogP) is 2.05. The van der Waals surface area contributed by atoms with E-state index in [4.69, 9.17) is 0 Å². The van der Waals surface area contributed by atoms with Crippen molar-refractivity contribution in [2.24, 2.45) is 0 Å². The van der Waals surface area contributed by atoms with Gasteiger partial charge in [0, 0.05) is 37.9 Å². The minimum absolute atomic E-state index is 0. The van der Waals surface area contributed by atoms with E-state index >= 15 is 0 Å². The molecule has 1 aromatic heterocycles. The van der Waals surface area contributed by atoms with E-state index < -0.39 is 0 Å². The highest BCUT2D eigenvalue weighted by Crippen LogP contribution is 2.26.